The smallest absolute Gasteiger partial charge is 0.191 e. The summed E-state index contributed by atoms with van der Waals surface area (Å²) in [5.74, 6) is 0.460. The quantitative estimate of drug-likeness (QED) is 0.389. The van der Waals surface area contributed by atoms with Gasteiger partial charge in [0.1, 0.15) is 5.82 Å². The lowest BCUT2D eigenvalue weighted by atomic mass is 10.1. The van der Waals surface area contributed by atoms with Crippen LogP contribution in [0.1, 0.15) is 22.1 Å². The summed E-state index contributed by atoms with van der Waals surface area (Å²) in [6, 6.07) is 8.45. The number of benzene rings is 1. The number of rotatable bonds is 6. The van der Waals surface area contributed by atoms with Gasteiger partial charge in [-0.2, -0.15) is 0 Å². The lowest BCUT2D eigenvalue weighted by Crippen LogP contribution is -2.39. The van der Waals surface area contributed by atoms with Gasteiger partial charge >= 0.3 is 0 Å². The minimum Gasteiger partial charge on any atom is -0.375 e. The van der Waals surface area contributed by atoms with Crippen LogP contribution in [0.2, 0.25) is 0 Å². The van der Waals surface area contributed by atoms with Gasteiger partial charge in [-0.25, -0.2) is 4.39 Å². The third-order valence-corrected chi connectivity index (χ3v) is 4.61. The Kier molecular flexibility index (Phi) is 9.24. The molecule has 0 aliphatic heterocycles. The molecule has 1 unspecified atom stereocenters. The van der Waals surface area contributed by atoms with E-state index in [0.717, 1.165) is 12.1 Å². The van der Waals surface area contributed by atoms with Crippen LogP contribution < -0.4 is 10.6 Å². The van der Waals surface area contributed by atoms with E-state index in [0.29, 0.717) is 12.5 Å². The first-order chi connectivity index (χ1) is 11.1. The van der Waals surface area contributed by atoms with Crippen LogP contribution in [0, 0.1) is 12.7 Å². The van der Waals surface area contributed by atoms with Gasteiger partial charge in [0.15, 0.2) is 5.96 Å². The fourth-order valence-corrected chi connectivity index (χ4v) is 3.02. The molecule has 24 heavy (non-hydrogen) atoms. The van der Waals surface area contributed by atoms with E-state index >= 15 is 0 Å². The number of hydrogen-bond acceptors (Lipinski definition) is 3. The molecule has 132 valence electrons. The van der Waals surface area contributed by atoms with E-state index in [1.165, 1.54) is 22.6 Å². The predicted molar refractivity (Wildman–Crippen MR) is 109 cm³/mol. The zero-order valence-electron chi connectivity index (χ0n) is 14.0. The van der Waals surface area contributed by atoms with Crippen LogP contribution in [-0.4, -0.2) is 26.7 Å². The minimum absolute atomic E-state index is 0. The molecule has 0 fully saturated rings. The van der Waals surface area contributed by atoms with Gasteiger partial charge in [0, 0.05) is 25.6 Å². The highest BCUT2D eigenvalue weighted by Crippen LogP contribution is 2.16. The van der Waals surface area contributed by atoms with E-state index in [-0.39, 0.29) is 35.9 Å². The van der Waals surface area contributed by atoms with Gasteiger partial charge in [-0.1, -0.05) is 12.1 Å². The summed E-state index contributed by atoms with van der Waals surface area (Å²) in [7, 11) is 3.37. The standard InChI is InChI=1S/C17H22FN3OS.HI/c1-12-8-9-23-16(12)11-21-17(19-2)20-10-15(22-3)13-4-6-14(18)7-5-13;/h4-9,15H,10-11H2,1-3H3,(H2,19,20,21);1H. The number of aliphatic imine (C=N–C) groups is 1. The SMILES string of the molecule is CN=C(NCc1sccc1C)NCC(OC)c1ccc(F)cc1.I. The molecular weight excluding hydrogens is 440 g/mol. The van der Waals surface area contributed by atoms with Gasteiger partial charge in [0.2, 0.25) is 0 Å². The summed E-state index contributed by atoms with van der Waals surface area (Å²) >= 11 is 1.72. The van der Waals surface area contributed by atoms with Gasteiger partial charge in [-0.3, -0.25) is 4.99 Å². The highest BCUT2D eigenvalue weighted by molar-refractivity contribution is 14.0. The van der Waals surface area contributed by atoms with Gasteiger partial charge in [-0.15, -0.1) is 35.3 Å². The molecule has 0 amide bonds. The van der Waals surface area contributed by atoms with Crippen LogP contribution in [-0.2, 0) is 11.3 Å². The van der Waals surface area contributed by atoms with E-state index in [4.69, 9.17) is 4.74 Å². The number of nitrogens with zero attached hydrogens (tertiary/aromatic N) is 1. The molecule has 1 aromatic heterocycles. The van der Waals surface area contributed by atoms with Gasteiger partial charge in [-0.05, 0) is 41.6 Å². The number of halogens is 2. The normalized spacial score (nSPS) is 12.4. The molecule has 0 aliphatic rings. The van der Waals surface area contributed by atoms with E-state index in [2.05, 4.69) is 34.0 Å². The largest absolute Gasteiger partial charge is 0.375 e. The second kappa shape index (κ2) is 10.6. The molecule has 2 aromatic rings. The Hall–Kier alpha value is -1.19. The Morgan fingerprint density at radius 1 is 1.25 bits per heavy atom. The summed E-state index contributed by atoms with van der Waals surface area (Å²) in [5, 5.41) is 8.61. The molecular formula is C17H23FIN3OS. The van der Waals surface area contributed by atoms with Crippen molar-refractivity contribution in [2.24, 2.45) is 4.99 Å². The van der Waals surface area contributed by atoms with E-state index in [9.17, 15) is 4.39 Å². The molecule has 1 atom stereocenters. The Morgan fingerprint density at radius 3 is 2.50 bits per heavy atom. The summed E-state index contributed by atoms with van der Waals surface area (Å²) in [4.78, 5) is 5.50. The van der Waals surface area contributed by atoms with Crippen LogP contribution in [0.4, 0.5) is 4.39 Å². The zero-order valence-corrected chi connectivity index (χ0v) is 17.2. The number of hydrogen-bond donors (Lipinski definition) is 2. The number of nitrogens with one attached hydrogen (secondary N) is 2. The second-order valence-corrected chi connectivity index (χ2v) is 6.11. The topological polar surface area (TPSA) is 45.7 Å². The number of thiophene rings is 1. The average Bonchev–Trinajstić information content (AvgIpc) is 2.97. The van der Waals surface area contributed by atoms with Crippen LogP contribution in [0.3, 0.4) is 0 Å². The highest BCUT2D eigenvalue weighted by Gasteiger charge is 2.11. The third kappa shape index (κ3) is 6.03. The molecule has 1 heterocycles. The number of aryl methyl sites for hydroxylation is 1. The van der Waals surface area contributed by atoms with Crippen molar-refractivity contribution in [2.45, 2.75) is 19.6 Å². The van der Waals surface area contributed by atoms with Crippen LogP contribution in [0.15, 0.2) is 40.7 Å². The highest BCUT2D eigenvalue weighted by atomic mass is 127. The maximum Gasteiger partial charge on any atom is 0.191 e. The zero-order chi connectivity index (χ0) is 16.7. The fraction of sp³-hybridized carbons (Fsp3) is 0.353. The van der Waals surface area contributed by atoms with Crippen molar-refractivity contribution >= 4 is 41.3 Å². The molecule has 7 heteroatoms. The maximum atomic E-state index is 13.0. The van der Waals surface area contributed by atoms with Crippen molar-refractivity contribution in [3.8, 4) is 0 Å². The molecule has 0 saturated heterocycles. The Morgan fingerprint density at radius 2 is 1.96 bits per heavy atom. The average molecular weight is 463 g/mol. The Balaban J connectivity index is 0.00000288. The number of ether oxygens (including phenoxy) is 1. The van der Waals surface area contributed by atoms with E-state index in [1.807, 2.05) is 0 Å². The molecule has 0 bridgehead atoms. The van der Waals surface area contributed by atoms with E-state index < -0.39 is 0 Å². The number of guanidine groups is 1. The molecule has 0 aliphatic carbocycles. The molecule has 0 radical (unpaired) electrons. The first kappa shape index (κ1) is 20.9. The molecule has 4 nitrogen and oxygen atoms in total. The summed E-state index contributed by atoms with van der Waals surface area (Å²) in [5.41, 5.74) is 2.20. The lowest BCUT2D eigenvalue weighted by Gasteiger charge is -2.18. The fourth-order valence-electron chi connectivity index (χ4n) is 2.17. The van der Waals surface area contributed by atoms with Gasteiger partial charge < -0.3 is 15.4 Å². The van der Waals surface area contributed by atoms with Crippen molar-refractivity contribution in [2.75, 3.05) is 20.7 Å². The van der Waals surface area contributed by atoms with Gasteiger partial charge in [0.25, 0.3) is 0 Å². The molecule has 1 aromatic carbocycles. The van der Waals surface area contributed by atoms with Crippen LogP contribution >= 0.6 is 35.3 Å². The maximum absolute atomic E-state index is 13.0. The monoisotopic (exact) mass is 463 g/mol. The lowest BCUT2D eigenvalue weighted by molar-refractivity contribution is 0.106. The minimum atomic E-state index is -0.250. The second-order valence-electron chi connectivity index (χ2n) is 5.11. The van der Waals surface area contributed by atoms with Crippen molar-refractivity contribution < 1.29 is 9.13 Å². The molecule has 0 saturated carbocycles. The van der Waals surface area contributed by atoms with Crippen molar-refractivity contribution in [3.05, 3.63) is 57.5 Å². The number of methoxy groups -OCH3 is 1. The predicted octanol–water partition coefficient (Wildman–Crippen LogP) is 3.87. The first-order valence-corrected chi connectivity index (χ1v) is 8.27. The Bertz CT molecular complexity index is 646. The van der Waals surface area contributed by atoms with Crippen LogP contribution in [0.25, 0.3) is 0 Å². The summed E-state index contributed by atoms with van der Waals surface area (Å²) in [6.45, 7) is 3.38. The summed E-state index contributed by atoms with van der Waals surface area (Å²) < 4.78 is 18.5. The molecule has 2 N–H and O–H groups in total. The van der Waals surface area contributed by atoms with Crippen molar-refractivity contribution in [1.82, 2.24) is 10.6 Å². The van der Waals surface area contributed by atoms with Gasteiger partial charge in [0.05, 0.1) is 12.6 Å². The van der Waals surface area contributed by atoms with Crippen molar-refractivity contribution in [3.63, 3.8) is 0 Å². The van der Waals surface area contributed by atoms with Crippen molar-refractivity contribution in [1.29, 1.82) is 0 Å². The summed E-state index contributed by atoms with van der Waals surface area (Å²) in [6.07, 6.45) is -0.169. The van der Waals surface area contributed by atoms with Crippen LogP contribution in [0.5, 0.6) is 0 Å². The Labute approximate surface area is 163 Å². The third-order valence-electron chi connectivity index (χ3n) is 3.59. The molecule has 0 spiro atoms. The molecule has 2 rings (SSSR count). The first-order valence-electron chi connectivity index (χ1n) is 7.39. The van der Waals surface area contributed by atoms with E-state index in [1.54, 1.807) is 37.6 Å².